The summed E-state index contributed by atoms with van der Waals surface area (Å²) in [6, 6.07) is 68.7. The van der Waals surface area contributed by atoms with Gasteiger partial charge in [0.15, 0.2) is 11.6 Å². The van der Waals surface area contributed by atoms with Crippen LogP contribution < -0.4 is 0 Å². The van der Waals surface area contributed by atoms with Crippen LogP contribution >= 0.6 is 0 Å². The second kappa shape index (κ2) is 12.7. The molecule has 0 saturated carbocycles. The van der Waals surface area contributed by atoms with E-state index in [9.17, 15) is 0 Å². The maximum Gasteiger partial charge on any atom is 0.238 e. The van der Waals surface area contributed by atoms with Gasteiger partial charge in [0.05, 0.1) is 11.0 Å². The Kier molecular flexibility index (Phi) is 6.95. The molecule has 0 N–H and O–H groups in total. The van der Waals surface area contributed by atoms with E-state index in [0.717, 1.165) is 71.4 Å². The van der Waals surface area contributed by atoms with E-state index in [2.05, 4.69) is 193 Å². The van der Waals surface area contributed by atoms with Gasteiger partial charge < -0.3 is 4.42 Å². The SMILES string of the molecule is c1ccc(-c2cccc3ccc(-c4nc(-c5ccc6oc7cc8ccccc8cc7c6c5)nc(-n5c6ccc7ccccc7c6c6c7ccccc7ccc65)n4)cc23)cc1. The lowest BCUT2D eigenvalue weighted by atomic mass is 9.96. The Balaban J connectivity index is 1.11. The fourth-order valence-electron chi connectivity index (χ4n) is 9.37. The van der Waals surface area contributed by atoms with E-state index in [4.69, 9.17) is 19.4 Å². The third kappa shape index (κ3) is 4.96. The molecule has 60 heavy (non-hydrogen) atoms. The summed E-state index contributed by atoms with van der Waals surface area (Å²) in [6.07, 6.45) is 0. The summed E-state index contributed by atoms with van der Waals surface area (Å²) < 4.78 is 8.65. The van der Waals surface area contributed by atoms with Crippen LogP contribution in [0, 0.1) is 0 Å². The molecule has 0 aliphatic heterocycles. The summed E-state index contributed by atoms with van der Waals surface area (Å²) >= 11 is 0. The Morgan fingerprint density at radius 3 is 1.57 bits per heavy atom. The van der Waals surface area contributed by atoms with Gasteiger partial charge in [-0.05, 0) is 103 Å². The molecule has 10 aromatic carbocycles. The molecule has 3 aromatic heterocycles. The average molecular weight is 765 g/mol. The van der Waals surface area contributed by atoms with Gasteiger partial charge in [0, 0.05) is 32.7 Å². The molecule has 3 heterocycles. The lowest BCUT2D eigenvalue weighted by molar-refractivity contribution is 0.669. The standard InChI is InChI=1S/C55H32N4O/c1-2-11-33(12-3-1)41-20-10-17-36-21-22-39(30-44(36)41)53-56-54(40-25-28-49-45(31-40)46-29-37-15-4-5-16-38(37)32-50(46)60-49)58-55(57-53)59-47-26-23-34-13-6-8-18-42(34)51(47)52-43-19-9-7-14-35(43)24-27-48(52)59/h1-32H. The summed E-state index contributed by atoms with van der Waals surface area (Å²) in [5.74, 6) is 1.74. The second-order valence-corrected chi connectivity index (χ2v) is 15.6. The van der Waals surface area contributed by atoms with E-state index in [1.807, 2.05) is 6.07 Å². The zero-order valence-corrected chi connectivity index (χ0v) is 32.2. The lowest BCUT2D eigenvalue weighted by Gasteiger charge is -2.13. The molecule has 13 aromatic rings. The van der Waals surface area contributed by atoms with Crippen molar-refractivity contribution in [3.8, 4) is 39.9 Å². The van der Waals surface area contributed by atoms with Crippen molar-refractivity contribution in [3.05, 3.63) is 194 Å². The van der Waals surface area contributed by atoms with Crippen molar-refractivity contribution in [2.45, 2.75) is 0 Å². The van der Waals surface area contributed by atoms with Gasteiger partial charge in [-0.1, -0.05) is 146 Å². The molecule has 0 unspecified atom stereocenters. The number of hydrogen-bond donors (Lipinski definition) is 0. The van der Waals surface area contributed by atoms with Crippen molar-refractivity contribution >= 4 is 86.8 Å². The van der Waals surface area contributed by atoms with E-state index >= 15 is 0 Å². The first-order valence-electron chi connectivity index (χ1n) is 20.3. The van der Waals surface area contributed by atoms with Crippen LogP contribution in [0.25, 0.3) is 127 Å². The van der Waals surface area contributed by atoms with Crippen LogP contribution in [0.2, 0.25) is 0 Å². The van der Waals surface area contributed by atoms with Crippen LogP contribution in [-0.2, 0) is 0 Å². The maximum atomic E-state index is 6.43. The highest BCUT2D eigenvalue weighted by Crippen LogP contribution is 2.41. The van der Waals surface area contributed by atoms with Gasteiger partial charge in [0.1, 0.15) is 11.2 Å². The molecule has 13 rings (SSSR count). The first kappa shape index (κ1) is 32.9. The van der Waals surface area contributed by atoms with Crippen LogP contribution in [-0.4, -0.2) is 19.5 Å². The van der Waals surface area contributed by atoms with Gasteiger partial charge >= 0.3 is 0 Å². The quantitative estimate of drug-likeness (QED) is 0.179. The third-order valence-corrected chi connectivity index (χ3v) is 12.2. The Bertz CT molecular complexity index is 3810. The molecule has 0 aliphatic rings. The average Bonchev–Trinajstić information content (AvgIpc) is 3.85. The molecule has 0 amide bonds. The Hall–Kier alpha value is -8.15. The molecule has 0 aliphatic carbocycles. The minimum absolute atomic E-state index is 0.556. The van der Waals surface area contributed by atoms with E-state index in [1.54, 1.807) is 0 Å². The van der Waals surface area contributed by atoms with Gasteiger partial charge in [-0.25, -0.2) is 4.98 Å². The summed E-state index contributed by atoms with van der Waals surface area (Å²) in [5.41, 5.74) is 7.87. The Labute approximate surface area is 343 Å². The second-order valence-electron chi connectivity index (χ2n) is 15.6. The monoisotopic (exact) mass is 764 g/mol. The minimum atomic E-state index is 0.556. The molecular weight excluding hydrogens is 733 g/mol. The molecule has 0 radical (unpaired) electrons. The molecule has 5 heteroatoms. The van der Waals surface area contributed by atoms with Crippen molar-refractivity contribution in [3.63, 3.8) is 0 Å². The Morgan fingerprint density at radius 2 is 0.867 bits per heavy atom. The molecule has 5 nitrogen and oxygen atoms in total. The van der Waals surface area contributed by atoms with Crippen LogP contribution in [0.5, 0.6) is 0 Å². The molecule has 0 saturated heterocycles. The zero-order valence-electron chi connectivity index (χ0n) is 32.2. The predicted molar refractivity (Wildman–Crippen MR) is 248 cm³/mol. The minimum Gasteiger partial charge on any atom is -0.456 e. The van der Waals surface area contributed by atoms with Crippen molar-refractivity contribution in [1.82, 2.24) is 19.5 Å². The number of nitrogens with zero attached hydrogens (tertiary/aromatic N) is 4. The summed E-state index contributed by atoms with van der Waals surface area (Å²) in [6.45, 7) is 0. The zero-order chi connectivity index (χ0) is 39.3. The lowest BCUT2D eigenvalue weighted by Crippen LogP contribution is -2.06. The highest BCUT2D eigenvalue weighted by atomic mass is 16.3. The highest BCUT2D eigenvalue weighted by Gasteiger charge is 2.22. The van der Waals surface area contributed by atoms with E-state index in [0.29, 0.717) is 17.6 Å². The summed E-state index contributed by atoms with van der Waals surface area (Å²) in [4.78, 5) is 16.1. The highest BCUT2D eigenvalue weighted by molar-refractivity contribution is 6.28. The van der Waals surface area contributed by atoms with E-state index < -0.39 is 0 Å². The number of benzene rings is 10. The molecule has 278 valence electrons. The fraction of sp³-hybridized carbons (Fsp3) is 0. The van der Waals surface area contributed by atoms with Crippen LogP contribution in [0.15, 0.2) is 199 Å². The van der Waals surface area contributed by atoms with Crippen LogP contribution in [0.3, 0.4) is 0 Å². The van der Waals surface area contributed by atoms with Gasteiger partial charge in [-0.15, -0.1) is 0 Å². The maximum absolute atomic E-state index is 6.43. The normalized spacial score (nSPS) is 12.0. The number of furan rings is 1. The van der Waals surface area contributed by atoms with E-state index in [1.165, 1.54) is 37.7 Å². The topological polar surface area (TPSA) is 56.7 Å². The smallest absolute Gasteiger partial charge is 0.238 e. The van der Waals surface area contributed by atoms with Gasteiger partial charge in [0.2, 0.25) is 5.95 Å². The summed E-state index contributed by atoms with van der Waals surface area (Å²) in [5, 5.41) is 13.8. The largest absolute Gasteiger partial charge is 0.456 e. The molecule has 0 fully saturated rings. The fourth-order valence-corrected chi connectivity index (χ4v) is 9.37. The van der Waals surface area contributed by atoms with Crippen molar-refractivity contribution in [2.75, 3.05) is 0 Å². The Morgan fingerprint density at radius 1 is 0.333 bits per heavy atom. The van der Waals surface area contributed by atoms with Crippen LogP contribution in [0.4, 0.5) is 0 Å². The van der Waals surface area contributed by atoms with Gasteiger partial charge in [0.25, 0.3) is 0 Å². The molecular formula is C55H32N4O. The number of fused-ring (bicyclic) bond motifs is 12. The first-order chi connectivity index (χ1) is 29.7. The molecule has 0 bridgehead atoms. The third-order valence-electron chi connectivity index (χ3n) is 12.2. The number of aromatic nitrogens is 4. The summed E-state index contributed by atoms with van der Waals surface area (Å²) in [7, 11) is 0. The van der Waals surface area contributed by atoms with Crippen molar-refractivity contribution in [2.24, 2.45) is 0 Å². The molecule has 0 spiro atoms. The number of rotatable bonds is 4. The number of hydrogen-bond acceptors (Lipinski definition) is 4. The molecule has 0 atom stereocenters. The van der Waals surface area contributed by atoms with Crippen molar-refractivity contribution < 1.29 is 4.42 Å². The van der Waals surface area contributed by atoms with Crippen LogP contribution in [0.1, 0.15) is 0 Å². The van der Waals surface area contributed by atoms with Gasteiger partial charge in [-0.3, -0.25) is 4.57 Å². The first-order valence-corrected chi connectivity index (χ1v) is 20.3. The van der Waals surface area contributed by atoms with E-state index in [-0.39, 0.29) is 0 Å². The van der Waals surface area contributed by atoms with Crippen molar-refractivity contribution in [1.29, 1.82) is 0 Å². The predicted octanol–water partition coefficient (Wildman–Crippen LogP) is 14.5. The van der Waals surface area contributed by atoms with Gasteiger partial charge in [-0.2, -0.15) is 9.97 Å².